The van der Waals surface area contributed by atoms with E-state index in [-0.39, 0.29) is 36.5 Å². The molecule has 9 nitrogen and oxygen atoms in total. The number of rotatable bonds is 7. The third kappa shape index (κ3) is 5.51. The first kappa shape index (κ1) is 20.2. The molecule has 0 aromatic carbocycles. The summed E-state index contributed by atoms with van der Waals surface area (Å²) >= 11 is 1.40. The van der Waals surface area contributed by atoms with Crippen LogP contribution in [0, 0.1) is 6.92 Å². The number of alkyl carbamates (subject to hydrolysis) is 1. The Morgan fingerprint density at radius 1 is 1.39 bits per heavy atom. The number of ether oxygens (including phenoxy) is 1. The van der Waals surface area contributed by atoms with E-state index >= 15 is 0 Å². The van der Waals surface area contributed by atoms with E-state index in [4.69, 9.17) is 4.74 Å². The van der Waals surface area contributed by atoms with E-state index in [1.54, 1.807) is 0 Å². The van der Waals surface area contributed by atoms with Crippen molar-refractivity contribution in [2.24, 2.45) is 0 Å². The third-order valence-electron chi connectivity index (χ3n) is 4.82. The van der Waals surface area contributed by atoms with Gasteiger partial charge in [0.15, 0.2) is 5.82 Å². The van der Waals surface area contributed by atoms with Crippen molar-refractivity contribution in [2.45, 2.75) is 70.9 Å². The molecule has 0 radical (unpaired) electrons. The van der Waals surface area contributed by atoms with Crippen LogP contribution in [0.2, 0.25) is 0 Å². The maximum atomic E-state index is 12.1. The Bertz CT molecular complexity index is 820. The van der Waals surface area contributed by atoms with Crippen LogP contribution >= 0.6 is 11.3 Å². The number of nitrogens with zero attached hydrogens (tertiary/aromatic N) is 3. The van der Waals surface area contributed by atoms with Crippen LogP contribution in [-0.2, 0) is 16.0 Å². The number of aryl methyl sites for hydroxylation is 1. The second-order valence-corrected chi connectivity index (χ2v) is 8.41. The maximum Gasteiger partial charge on any atom is 0.407 e. The minimum absolute atomic E-state index is 0.101. The molecule has 1 saturated carbocycles. The first-order valence-corrected chi connectivity index (χ1v) is 10.4. The molecule has 2 heterocycles. The SMILES string of the molecule is CC[C@H](C)NC(=O)O[C@@H]1CC[C@H](c2cc(NC(=O)Cc3nnc(C)s3)n[nH]2)C1. The minimum atomic E-state index is -0.357. The predicted octanol–water partition coefficient (Wildman–Crippen LogP) is 2.91. The van der Waals surface area contributed by atoms with Gasteiger partial charge in [-0.05, 0) is 39.5 Å². The lowest BCUT2D eigenvalue weighted by Crippen LogP contribution is -2.34. The molecule has 152 valence electrons. The van der Waals surface area contributed by atoms with Gasteiger partial charge in [0.25, 0.3) is 0 Å². The molecule has 28 heavy (non-hydrogen) atoms. The molecule has 10 heteroatoms. The second kappa shape index (κ2) is 9.13. The number of anilines is 1. The highest BCUT2D eigenvalue weighted by Gasteiger charge is 2.30. The summed E-state index contributed by atoms with van der Waals surface area (Å²) in [6.45, 7) is 5.82. The Labute approximate surface area is 167 Å². The van der Waals surface area contributed by atoms with Gasteiger partial charge in [-0.2, -0.15) is 5.10 Å². The average molecular weight is 407 g/mol. The Morgan fingerprint density at radius 3 is 2.93 bits per heavy atom. The molecule has 1 fully saturated rings. The van der Waals surface area contributed by atoms with Gasteiger partial charge in [0.05, 0.1) is 6.42 Å². The number of nitrogens with one attached hydrogen (secondary N) is 3. The Kier molecular flexibility index (Phi) is 6.61. The van der Waals surface area contributed by atoms with Crippen molar-refractivity contribution in [1.82, 2.24) is 25.7 Å². The van der Waals surface area contributed by atoms with Crippen LogP contribution in [-0.4, -0.2) is 44.5 Å². The zero-order valence-corrected chi connectivity index (χ0v) is 17.1. The molecule has 1 aliphatic carbocycles. The molecule has 0 spiro atoms. The van der Waals surface area contributed by atoms with Crippen molar-refractivity contribution in [3.63, 3.8) is 0 Å². The van der Waals surface area contributed by atoms with Crippen molar-refractivity contribution >= 4 is 29.2 Å². The number of aromatic amines is 1. The number of carbonyl (C=O) groups is 2. The molecule has 2 amide bonds. The van der Waals surface area contributed by atoms with E-state index in [9.17, 15) is 9.59 Å². The Hall–Kier alpha value is -2.49. The van der Waals surface area contributed by atoms with Crippen molar-refractivity contribution in [3.05, 3.63) is 21.8 Å². The largest absolute Gasteiger partial charge is 0.446 e. The van der Waals surface area contributed by atoms with E-state index in [0.717, 1.165) is 36.4 Å². The maximum absolute atomic E-state index is 12.1. The summed E-state index contributed by atoms with van der Waals surface area (Å²) < 4.78 is 5.51. The van der Waals surface area contributed by atoms with Gasteiger partial charge >= 0.3 is 6.09 Å². The lowest BCUT2D eigenvalue weighted by Gasteiger charge is -2.16. The van der Waals surface area contributed by atoms with Crippen LogP contribution < -0.4 is 10.6 Å². The standard InChI is InChI=1S/C18H26N6O3S/c1-4-10(2)19-18(26)27-13-6-5-12(7-13)14-8-15(23-22-14)20-16(25)9-17-24-21-11(3)28-17/h8,10,12-13H,4-7,9H2,1-3H3,(H,19,26)(H2,20,22,23,25)/t10-,12-,13+/m0/s1. The lowest BCUT2D eigenvalue weighted by molar-refractivity contribution is -0.115. The average Bonchev–Trinajstić information content (AvgIpc) is 3.36. The summed E-state index contributed by atoms with van der Waals surface area (Å²) in [5.41, 5.74) is 0.940. The van der Waals surface area contributed by atoms with Gasteiger partial charge in [0.2, 0.25) is 5.91 Å². The fourth-order valence-electron chi connectivity index (χ4n) is 3.16. The summed E-state index contributed by atoms with van der Waals surface area (Å²) in [5.74, 6) is 0.536. The minimum Gasteiger partial charge on any atom is -0.446 e. The highest BCUT2D eigenvalue weighted by molar-refractivity contribution is 7.11. The molecule has 2 aromatic heterocycles. The molecule has 2 aromatic rings. The molecule has 0 aliphatic heterocycles. The van der Waals surface area contributed by atoms with Crippen LogP contribution in [0.15, 0.2) is 6.07 Å². The number of hydrogen-bond donors (Lipinski definition) is 3. The molecule has 0 saturated heterocycles. The predicted molar refractivity (Wildman–Crippen MR) is 105 cm³/mol. The van der Waals surface area contributed by atoms with Gasteiger partial charge in [-0.1, -0.05) is 6.92 Å². The number of H-pyrrole nitrogens is 1. The van der Waals surface area contributed by atoms with Crippen LogP contribution in [0.25, 0.3) is 0 Å². The molecular weight excluding hydrogens is 380 g/mol. The van der Waals surface area contributed by atoms with Crippen molar-refractivity contribution in [3.8, 4) is 0 Å². The Morgan fingerprint density at radius 2 is 2.21 bits per heavy atom. The van der Waals surface area contributed by atoms with Crippen molar-refractivity contribution in [2.75, 3.05) is 5.32 Å². The molecular formula is C18H26N6O3S. The van der Waals surface area contributed by atoms with Crippen molar-refractivity contribution in [1.29, 1.82) is 0 Å². The third-order valence-corrected chi connectivity index (χ3v) is 5.66. The summed E-state index contributed by atoms with van der Waals surface area (Å²) in [5, 5.41) is 22.1. The van der Waals surface area contributed by atoms with Gasteiger partial charge in [-0.15, -0.1) is 21.5 Å². The fraction of sp³-hybridized carbons (Fsp3) is 0.611. The first-order chi connectivity index (χ1) is 13.4. The molecule has 1 aliphatic rings. The Balaban J connectivity index is 1.47. The van der Waals surface area contributed by atoms with Gasteiger partial charge in [0.1, 0.15) is 16.1 Å². The summed E-state index contributed by atoms with van der Waals surface area (Å²) in [6.07, 6.45) is 3.05. The van der Waals surface area contributed by atoms with Gasteiger partial charge in [-0.3, -0.25) is 9.89 Å². The second-order valence-electron chi connectivity index (χ2n) is 7.14. The number of hydrogen-bond acceptors (Lipinski definition) is 7. The van der Waals surface area contributed by atoms with Crippen LogP contribution in [0.5, 0.6) is 0 Å². The molecule has 0 unspecified atom stereocenters. The molecule has 3 N–H and O–H groups in total. The van der Waals surface area contributed by atoms with E-state index in [1.807, 2.05) is 26.8 Å². The molecule has 0 bridgehead atoms. The highest BCUT2D eigenvalue weighted by atomic mass is 32.1. The van der Waals surface area contributed by atoms with Crippen LogP contribution in [0.1, 0.15) is 61.2 Å². The smallest absolute Gasteiger partial charge is 0.407 e. The quantitative estimate of drug-likeness (QED) is 0.650. The van der Waals surface area contributed by atoms with Crippen molar-refractivity contribution < 1.29 is 14.3 Å². The normalized spacial score (nSPS) is 20.0. The summed E-state index contributed by atoms with van der Waals surface area (Å²) in [6, 6.07) is 1.95. The van der Waals surface area contributed by atoms with E-state index in [2.05, 4.69) is 31.0 Å². The zero-order valence-electron chi connectivity index (χ0n) is 16.3. The monoisotopic (exact) mass is 406 g/mol. The first-order valence-electron chi connectivity index (χ1n) is 9.54. The van der Waals surface area contributed by atoms with E-state index in [1.165, 1.54) is 11.3 Å². The van der Waals surface area contributed by atoms with E-state index < -0.39 is 0 Å². The van der Waals surface area contributed by atoms with Gasteiger partial charge < -0.3 is 15.4 Å². The highest BCUT2D eigenvalue weighted by Crippen LogP contribution is 2.35. The fourth-order valence-corrected chi connectivity index (χ4v) is 3.87. The summed E-state index contributed by atoms with van der Waals surface area (Å²) in [7, 11) is 0. The number of aromatic nitrogens is 4. The van der Waals surface area contributed by atoms with E-state index in [0.29, 0.717) is 10.8 Å². The number of amides is 2. The molecule has 3 atom stereocenters. The van der Waals surface area contributed by atoms with Gasteiger partial charge in [-0.25, -0.2) is 4.79 Å². The topological polar surface area (TPSA) is 122 Å². The molecule has 3 rings (SSSR count). The zero-order chi connectivity index (χ0) is 20.1. The van der Waals surface area contributed by atoms with Crippen LogP contribution in [0.3, 0.4) is 0 Å². The summed E-state index contributed by atoms with van der Waals surface area (Å²) in [4.78, 5) is 24.0. The number of carbonyl (C=O) groups excluding carboxylic acids is 2. The van der Waals surface area contributed by atoms with Crippen LogP contribution in [0.4, 0.5) is 10.6 Å². The van der Waals surface area contributed by atoms with Gasteiger partial charge in [0, 0.05) is 23.7 Å². The lowest BCUT2D eigenvalue weighted by atomic mass is 10.0.